The van der Waals surface area contributed by atoms with Crippen LogP contribution in [-0.4, -0.2) is 6.54 Å². The van der Waals surface area contributed by atoms with Crippen molar-refractivity contribution in [3.05, 3.63) is 34.9 Å². The maximum atomic E-state index is 5.90. The van der Waals surface area contributed by atoms with Gasteiger partial charge in [-0.25, -0.2) is 0 Å². The van der Waals surface area contributed by atoms with Crippen LogP contribution in [0.5, 0.6) is 0 Å². The standard InChI is InChI=1S/C18H30ClN/c1-3-4-5-6-7-8-9-10-15-20-16(2)17-11-13-18(19)14-12-17/h11-14,16,20H,3-10,15H2,1-2H3/t16-/m0/s1. The molecule has 20 heavy (non-hydrogen) atoms. The molecule has 0 aliphatic heterocycles. The average Bonchev–Trinajstić information content (AvgIpc) is 2.46. The number of unbranched alkanes of at least 4 members (excludes halogenated alkanes) is 7. The van der Waals surface area contributed by atoms with Crippen LogP contribution in [0.4, 0.5) is 0 Å². The molecule has 1 aromatic carbocycles. The van der Waals surface area contributed by atoms with Crippen LogP contribution in [-0.2, 0) is 0 Å². The second-order valence-corrected chi connectivity index (χ2v) is 6.14. The average molecular weight is 296 g/mol. The van der Waals surface area contributed by atoms with Crippen LogP contribution in [0.2, 0.25) is 5.02 Å². The quantitative estimate of drug-likeness (QED) is 0.484. The highest BCUT2D eigenvalue weighted by molar-refractivity contribution is 6.30. The van der Waals surface area contributed by atoms with Crippen molar-refractivity contribution in [1.82, 2.24) is 5.32 Å². The fourth-order valence-corrected chi connectivity index (χ4v) is 2.57. The molecule has 0 aliphatic rings. The first-order valence-electron chi connectivity index (χ1n) is 8.23. The zero-order valence-electron chi connectivity index (χ0n) is 13.1. The van der Waals surface area contributed by atoms with Crippen LogP contribution in [0, 0.1) is 0 Å². The molecule has 0 saturated carbocycles. The molecule has 0 unspecified atom stereocenters. The zero-order chi connectivity index (χ0) is 14.6. The Kier molecular flexibility index (Phi) is 9.78. The van der Waals surface area contributed by atoms with Gasteiger partial charge in [-0.2, -0.15) is 0 Å². The molecule has 1 aromatic rings. The van der Waals surface area contributed by atoms with Gasteiger partial charge in [0.25, 0.3) is 0 Å². The van der Waals surface area contributed by atoms with Gasteiger partial charge >= 0.3 is 0 Å². The molecule has 0 bridgehead atoms. The molecule has 1 rings (SSSR count). The highest BCUT2D eigenvalue weighted by Gasteiger charge is 2.03. The Morgan fingerprint density at radius 3 is 2.05 bits per heavy atom. The van der Waals surface area contributed by atoms with E-state index in [1.165, 1.54) is 56.9 Å². The highest BCUT2D eigenvalue weighted by Crippen LogP contribution is 2.16. The van der Waals surface area contributed by atoms with Crippen LogP contribution in [0.25, 0.3) is 0 Å². The van der Waals surface area contributed by atoms with E-state index in [1.807, 2.05) is 12.1 Å². The molecule has 0 saturated heterocycles. The summed E-state index contributed by atoms with van der Waals surface area (Å²) < 4.78 is 0. The Balaban J connectivity index is 1.99. The van der Waals surface area contributed by atoms with Crippen LogP contribution in [0.15, 0.2) is 24.3 Å². The first-order chi connectivity index (χ1) is 9.74. The molecule has 0 radical (unpaired) electrons. The molecule has 0 spiro atoms. The van der Waals surface area contributed by atoms with Gasteiger partial charge in [0, 0.05) is 11.1 Å². The van der Waals surface area contributed by atoms with Gasteiger partial charge in [-0.1, -0.05) is 75.6 Å². The Bertz CT molecular complexity index is 334. The Morgan fingerprint density at radius 2 is 1.45 bits per heavy atom. The lowest BCUT2D eigenvalue weighted by Gasteiger charge is -2.14. The Labute approximate surface area is 130 Å². The van der Waals surface area contributed by atoms with Crippen LogP contribution in [0.3, 0.4) is 0 Å². The topological polar surface area (TPSA) is 12.0 Å². The Morgan fingerprint density at radius 1 is 0.900 bits per heavy atom. The van der Waals surface area contributed by atoms with E-state index in [0.717, 1.165) is 11.6 Å². The lowest BCUT2D eigenvalue weighted by Crippen LogP contribution is -2.19. The molecule has 0 aliphatic carbocycles. The molecule has 2 heteroatoms. The molecular formula is C18H30ClN. The van der Waals surface area contributed by atoms with Crippen molar-refractivity contribution in [2.75, 3.05) is 6.54 Å². The van der Waals surface area contributed by atoms with E-state index in [-0.39, 0.29) is 0 Å². The number of rotatable bonds is 11. The van der Waals surface area contributed by atoms with E-state index in [9.17, 15) is 0 Å². The zero-order valence-corrected chi connectivity index (χ0v) is 13.9. The number of benzene rings is 1. The molecule has 0 amide bonds. The minimum atomic E-state index is 0.414. The van der Waals surface area contributed by atoms with E-state index in [2.05, 4.69) is 31.3 Å². The minimum Gasteiger partial charge on any atom is -0.310 e. The Hall–Kier alpha value is -0.530. The third-order valence-corrected chi connectivity index (χ3v) is 4.10. The van der Waals surface area contributed by atoms with Crippen molar-refractivity contribution >= 4 is 11.6 Å². The second kappa shape index (κ2) is 11.2. The van der Waals surface area contributed by atoms with Gasteiger partial charge < -0.3 is 5.32 Å². The van der Waals surface area contributed by atoms with Gasteiger partial charge in [-0.15, -0.1) is 0 Å². The van der Waals surface area contributed by atoms with E-state index in [0.29, 0.717) is 6.04 Å². The van der Waals surface area contributed by atoms with Crippen molar-refractivity contribution in [1.29, 1.82) is 0 Å². The fraction of sp³-hybridized carbons (Fsp3) is 0.667. The monoisotopic (exact) mass is 295 g/mol. The summed E-state index contributed by atoms with van der Waals surface area (Å²) >= 11 is 5.90. The molecule has 0 fully saturated rings. The van der Waals surface area contributed by atoms with E-state index < -0.39 is 0 Å². The van der Waals surface area contributed by atoms with Gasteiger partial charge in [0.1, 0.15) is 0 Å². The summed E-state index contributed by atoms with van der Waals surface area (Å²) in [6, 6.07) is 8.55. The summed E-state index contributed by atoms with van der Waals surface area (Å²) in [6.07, 6.45) is 11.0. The molecule has 1 atom stereocenters. The first kappa shape index (κ1) is 17.5. The first-order valence-corrected chi connectivity index (χ1v) is 8.60. The summed E-state index contributed by atoms with van der Waals surface area (Å²) in [5.41, 5.74) is 1.31. The van der Waals surface area contributed by atoms with Gasteiger partial charge in [0.05, 0.1) is 0 Å². The highest BCUT2D eigenvalue weighted by atomic mass is 35.5. The number of hydrogen-bond donors (Lipinski definition) is 1. The molecular weight excluding hydrogens is 266 g/mol. The molecule has 0 heterocycles. The van der Waals surface area contributed by atoms with Crippen molar-refractivity contribution < 1.29 is 0 Å². The predicted molar refractivity (Wildman–Crippen MR) is 90.5 cm³/mol. The van der Waals surface area contributed by atoms with Crippen LogP contribution < -0.4 is 5.32 Å². The van der Waals surface area contributed by atoms with E-state index in [1.54, 1.807) is 0 Å². The molecule has 1 N–H and O–H groups in total. The van der Waals surface area contributed by atoms with Crippen LogP contribution in [0.1, 0.15) is 76.8 Å². The van der Waals surface area contributed by atoms with Gasteiger partial charge in [0.15, 0.2) is 0 Å². The van der Waals surface area contributed by atoms with Crippen molar-refractivity contribution in [3.8, 4) is 0 Å². The van der Waals surface area contributed by atoms with Crippen molar-refractivity contribution in [2.45, 2.75) is 71.3 Å². The van der Waals surface area contributed by atoms with Crippen LogP contribution >= 0.6 is 11.6 Å². The minimum absolute atomic E-state index is 0.414. The largest absolute Gasteiger partial charge is 0.310 e. The number of hydrogen-bond acceptors (Lipinski definition) is 1. The van der Waals surface area contributed by atoms with Crippen molar-refractivity contribution in [3.63, 3.8) is 0 Å². The summed E-state index contributed by atoms with van der Waals surface area (Å²) in [4.78, 5) is 0. The third kappa shape index (κ3) is 7.91. The van der Waals surface area contributed by atoms with E-state index in [4.69, 9.17) is 11.6 Å². The number of halogens is 1. The summed E-state index contributed by atoms with van der Waals surface area (Å²) in [5.74, 6) is 0. The smallest absolute Gasteiger partial charge is 0.0406 e. The normalized spacial score (nSPS) is 12.6. The third-order valence-electron chi connectivity index (χ3n) is 3.85. The summed E-state index contributed by atoms with van der Waals surface area (Å²) in [6.45, 7) is 5.60. The SMILES string of the molecule is CCCCCCCCCCN[C@@H](C)c1ccc(Cl)cc1. The predicted octanol–water partition coefficient (Wildman–Crippen LogP) is 6.13. The van der Waals surface area contributed by atoms with Gasteiger partial charge in [-0.05, 0) is 37.6 Å². The number of nitrogens with one attached hydrogen (secondary N) is 1. The molecule has 0 aromatic heterocycles. The maximum absolute atomic E-state index is 5.90. The lowest BCUT2D eigenvalue weighted by atomic mass is 10.1. The van der Waals surface area contributed by atoms with E-state index >= 15 is 0 Å². The fourth-order valence-electron chi connectivity index (χ4n) is 2.45. The van der Waals surface area contributed by atoms with Crippen molar-refractivity contribution in [2.24, 2.45) is 0 Å². The molecule has 114 valence electrons. The van der Waals surface area contributed by atoms with Gasteiger partial charge in [-0.3, -0.25) is 0 Å². The second-order valence-electron chi connectivity index (χ2n) is 5.70. The molecule has 1 nitrogen and oxygen atoms in total. The maximum Gasteiger partial charge on any atom is 0.0406 e. The van der Waals surface area contributed by atoms with Gasteiger partial charge in [0.2, 0.25) is 0 Å². The lowest BCUT2D eigenvalue weighted by molar-refractivity contribution is 0.521. The summed E-state index contributed by atoms with van der Waals surface area (Å²) in [7, 11) is 0. The summed E-state index contributed by atoms with van der Waals surface area (Å²) in [5, 5.41) is 4.40.